The van der Waals surface area contributed by atoms with Crippen LogP contribution in [0.5, 0.6) is 0 Å². The number of carbonyl (C=O) groups excluding carboxylic acids is 2. The SMILES string of the molecule is CC(OC(=O)c1ccc2nc(-c3ccco3)c(-c3ccco3)nc2c1)C(=O)Nc1cccc2ccccc12. The van der Waals surface area contributed by atoms with Gasteiger partial charge in [0.2, 0.25) is 0 Å². The number of benzene rings is 3. The van der Waals surface area contributed by atoms with Gasteiger partial charge in [0.15, 0.2) is 17.6 Å². The van der Waals surface area contributed by atoms with Crippen molar-refractivity contribution in [1.82, 2.24) is 9.97 Å². The number of carbonyl (C=O) groups is 2. The molecular weight excluding hydrogens is 482 g/mol. The molecule has 6 aromatic rings. The largest absolute Gasteiger partial charge is 0.463 e. The van der Waals surface area contributed by atoms with Gasteiger partial charge in [0.1, 0.15) is 11.4 Å². The number of rotatable bonds is 6. The van der Waals surface area contributed by atoms with E-state index >= 15 is 0 Å². The summed E-state index contributed by atoms with van der Waals surface area (Å²) in [7, 11) is 0. The molecule has 8 heteroatoms. The van der Waals surface area contributed by atoms with E-state index < -0.39 is 18.0 Å². The maximum absolute atomic E-state index is 13.0. The molecule has 0 radical (unpaired) electrons. The molecule has 1 amide bonds. The summed E-state index contributed by atoms with van der Waals surface area (Å²) in [6.45, 7) is 1.53. The van der Waals surface area contributed by atoms with Crippen LogP contribution in [0.3, 0.4) is 0 Å². The quantitative estimate of drug-likeness (QED) is 0.259. The van der Waals surface area contributed by atoms with E-state index in [-0.39, 0.29) is 5.56 Å². The number of esters is 1. The first-order chi connectivity index (χ1) is 18.6. The normalized spacial score (nSPS) is 11.9. The first kappa shape index (κ1) is 23.2. The molecule has 1 atom stereocenters. The van der Waals surface area contributed by atoms with Gasteiger partial charge >= 0.3 is 5.97 Å². The zero-order valence-corrected chi connectivity index (χ0v) is 20.3. The van der Waals surface area contributed by atoms with Gasteiger partial charge in [-0.3, -0.25) is 4.79 Å². The lowest BCUT2D eigenvalue weighted by Crippen LogP contribution is -2.30. The molecule has 3 aromatic carbocycles. The van der Waals surface area contributed by atoms with Crippen molar-refractivity contribution in [1.29, 1.82) is 0 Å². The minimum Gasteiger partial charge on any atom is -0.463 e. The Morgan fingerprint density at radius 2 is 1.47 bits per heavy atom. The smallest absolute Gasteiger partial charge is 0.338 e. The number of anilines is 1. The highest BCUT2D eigenvalue weighted by molar-refractivity contribution is 6.04. The standard InChI is InChI=1S/C30H21N3O5/c1-18(29(34)33-22-10-4-8-19-7-2-3-9-21(19)22)38-30(35)20-13-14-23-24(17-20)32-28(26-12-6-16-37-26)27(31-23)25-11-5-15-36-25/h2-18H,1H3,(H,33,34). The van der Waals surface area contributed by atoms with Crippen molar-refractivity contribution in [2.24, 2.45) is 0 Å². The van der Waals surface area contributed by atoms with Crippen molar-refractivity contribution < 1.29 is 23.2 Å². The highest BCUT2D eigenvalue weighted by Crippen LogP contribution is 2.32. The third-order valence-electron chi connectivity index (χ3n) is 6.11. The van der Waals surface area contributed by atoms with E-state index in [1.54, 1.807) is 55.0 Å². The van der Waals surface area contributed by atoms with Gasteiger partial charge in [0.05, 0.1) is 29.1 Å². The van der Waals surface area contributed by atoms with Crippen molar-refractivity contribution >= 4 is 39.4 Å². The van der Waals surface area contributed by atoms with Crippen LogP contribution in [0.15, 0.2) is 106 Å². The zero-order valence-electron chi connectivity index (χ0n) is 20.3. The van der Waals surface area contributed by atoms with Gasteiger partial charge in [0, 0.05) is 11.1 Å². The Morgan fingerprint density at radius 3 is 2.18 bits per heavy atom. The molecule has 0 saturated heterocycles. The van der Waals surface area contributed by atoms with Crippen LogP contribution in [0.1, 0.15) is 17.3 Å². The van der Waals surface area contributed by atoms with E-state index in [1.807, 2.05) is 42.5 Å². The fourth-order valence-corrected chi connectivity index (χ4v) is 4.20. The summed E-state index contributed by atoms with van der Waals surface area (Å²) in [5.74, 6) is -0.0276. The van der Waals surface area contributed by atoms with Gasteiger partial charge in [0.25, 0.3) is 5.91 Å². The van der Waals surface area contributed by atoms with Crippen LogP contribution >= 0.6 is 0 Å². The second-order valence-corrected chi connectivity index (χ2v) is 8.64. The number of amides is 1. The molecule has 3 aromatic heterocycles. The number of furan rings is 2. The fraction of sp³-hybridized carbons (Fsp3) is 0.0667. The maximum atomic E-state index is 13.0. The molecule has 0 bridgehead atoms. The predicted octanol–water partition coefficient (Wildman–Crippen LogP) is 6.49. The van der Waals surface area contributed by atoms with E-state index in [0.717, 1.165) is 10.8 Å². The highest BCUT2D eigenvalue weighted by atomic mass is 16.5. The lowest BCUT2D eigenvalue weighted by Gasteiger charge is -2.15. The van der Waals surface area contributed by atoms with Crippen LogP contribution < -0.4 is 5.32 Å². The van der Waals surface area contributed by atoms with E-state index in [9.17, 15) is 9.59 Å². The van der Waals surface area contributed by atoms with E-state index in [4.69, 9.17) is 23.5 Å². The monoisotopic (exact) mass is 503 g/mol. The Bertz CT molecular complexity index is 1770. The summed E-state index contributed by atoms with van der Waals surface area (Å²) >= 11 is 0. The minimum atomic E-state index is -1.02. The number of aromatic nitrogens is 2. The Kier molecular flexibility index (Phi) is 5.89. The third-order valence-corrected chi connectivity index (χ3v) is 6.11. The molecule has 8 nitrogen and oxygen atoms in total. The Morgan fingerprint density at radius 1 is 0.789 bits per heavy atom. The highest BCUT2D eigenvalue weighted by Gasteiger charge is 2.22. The van der Waals surface area contributed by atoms with Crippen LogP contribution in [0.2, 0.25) is 0 Å². The molecule has 38 heavy (non-hydrogen) atoms. The van der Waals surface area contributed by atoms with Gasteiger partial charge in [-0.2, -0.15) is 0 Å². The molecule has 0 spiro atoms. The van der Waals surface area contributed by atoms with Gasteiger partial charge in [-0.05, 0) is 60.8 Å². The topological polar surface area (TPSA) is 107 Å². The summed E-state index contributed by atoms with van der Waals surface area (Å²) in [6, 6.07) is 25.3. The second kappa shape index (κ2) is 9.67. The molecule has 0 fully saturated rings. The van der Waals surface area contributed by atoms with E-state index in [2.05, 4.69) is 5.32 Å². The molecule has 186 valence electrons. The number of hydrogen-bond donors (Lipinski definition) is 1. The van der Waals surface area contributed by atoms with Gasteiger partial charge < -0.3 is 18.9 Å². The van der Waals surface area contributed by atoms with E-state index in [0.29, 0.717) is 39.6 Å². The first-order valence-electron chi connectivity index (χ1n) is 12.0. The summed E-state index contributed by atoms with van der Waals surface area (Å²) in [4.78, 5) is 35.2. The molecule has 0 aliphatic carbocycles. The third kappa shape index (κ3) is 4.39. The van der Waals surface area contributed by atoms with Gasteiger partial charge in [-0.25, -0.2) is 14.8 Å². The molecule has 1 N–H and O–H groups in total. The summed E-state index contributed by atoms with van der Waals surface area (Å²) in [5.41, 5.74) is 2.92. The van der Waals surface area contributed by atoms with Crippen molar-refractivity contribution in [2.45, 2.75) is 13.0 Å². The Labute approximate surface area is 216 Å². The van der Waals surface area contributed by atoms with Crippen LogP contribution in [-0.2, 0) is 9.53 Å². The fourth-order valence-electron chi connectivity index (χ4n) is 4.20. The number of nitrogens with zero attached hydrogens (tertiary/aromatic N) is 2. The van der Waals surface area contributed by atoms with Crippen LogP contribution in [0.4, 0.5) is 5.69 Å². The lowest BCUT2D eigenvalue weighted by atomic mass is 10.1. The minimum absolute atomic E-state index is 0.243. The summed E-state index contributed by atoms with van der Waals surface area (Å²) in [5, 5.41) is 4.75. The molecule has 1 unspecified atom stereocenters. The Balaban J connectivity index is 1.25. The van der Waals surface area contributed by atoms with Crippen molar-refractivity contribution in [3.8, 4) is 22.9 Å². The van der Waals surface area contributed by atoms with Crippen molar-refractivity contribution in [3.63, 3.8) is 0 Å². The average Bonchev–Trinajstić information content (AvgIpc) is 3.67. The molecule has 0 aliphatic rings. The first-order valence-corrected chi connectivity index (χ1v) is 12.0. The lowest BCUT2D eigenvalue weighted by molar-refractivity contribution is -0.123. The molecule has 3 heterocycles. The maximum Gasteiger partial charge on any atom is 0.338 e. The number of ether oxygens (including phenoxy) is 1. The summed E-state index contributed by atoms with van der Waals surface area (Å²) < 4.78 is 16.6. The molecule has 0 saturated carbocycles. The van der Waals surface area contributed by atoms with Gasteiger partial charge in [-0.1, -0.05) is 36.4 Å². The second-order valence-electron chi connectivity index (χ2n) is 8.64. The number of nitrogens with one attached hydrogen (secondary N) is 1. The van der Waals surface area contributed by atoms with Crippen LogP contribution in [0, 0.1) is 0 Å². The van der Waals surface area contributed by atoms with Crippen molar-refractivity contribution in [2.75, 3.05) is 5.32 Å². The van der Waals surface area contributed by atoms with Crippen molar-refractivity contribution in [3.05, 3.63) is 103 Å². The molecule has 0 aliphatic heterocycles. The molecule has 6 rings (SSSR count). The number of fused-ring (bicyclic) bond motifs is 2. The van der Waals surface area contributed by atoms with E-state index in [1.165, 1.54) is 6.92 Å². The zero-order chi connectivity index (χ0) is 26.1. The predicted molar refractivity (Wildman–Crippen MR) is 142 cm³/mol. The summed E-state index contributed by atoms with van der Waals surface area (Å²) in [6.07, 6.45) is 2.08. The number of hydrogen-bond acceptors (Lipinski definition) is 7. The van der Waals surface area contributed by atoms with Crippen LogP contribution in [-0.4, -0.2) is 27.9 Å². The van der Waals surface area contributed by atoms with Gasteiger partial charge in [-0.15, -0.1) is 0 Å². The molecular formula is C30H21N3O5. The average molecular weight is 504 g/mol. The Hall–Kier alpha value is -5.24. The van der Waals surface area contributed by atoms with Crippen LogP contribution in [0.25, 0.3) is 44.7 Å².